The van der Waals surface area contributed by atoms with E-state index in [4.69, 9.17) is 0 Å². The summed E-state index contributed by atoms with van der Waals surface area (Å²) < 4.78 is 0. The molecule has 0 saturated carbocycles. The first-order chi connectivity index (χ1) is 13.8. The fourth-order valence-corrected chi connectivity index (χ4v) is 3.21. The van der Waals surface area contributed by atoms with Crippen molar-refractivity contribution in [1.29, 1.82) is 0 Å². The Labute approximate surface area is 175 Å². The van der Waals surface area contributed by atoms with Crippen molar-refractivity contribution in [2.75, 3.05) is 13.1 Å². The third kappa shape index (κ3) is 6.45. The van der Waals surface area contributed by atoms with Crippen LogP contribution >= 0.6 is 0 Å². The van der Waals surface area contributed by atoms with Crippen LogP contribution < -0.4 is 5.32 Å². The molecule has 0 unspecified atom stereocenters. The molecule has 2 aromatic rings. The third-order valence-corrected chi connectivity index (χ3v) is 4.94. The standard InChI is InChI=1S/C25H34N2O2/c1-6-16-27(17-7-2)24(29)21-10-8-19(9-11-21)18-26-23(28)20-12-14-22(15-13-20)25(3,4)5/h8-15H,6-7,16-18H2,1-5H3,(H,26,28). The van der Waals surface area contributed by atoms with E-state index in [0.29, 0.717) is 17.7 Å². The highest BCUT2D eigenvalue weighted by Gasteiger charge is 2.15. The number of carbonyl (C=O) groups excluding carboxylic acids is 2. The molecule has 156 valence electrons. The molecule has 29 heavy (non-hydrogen) atoms. The van der Waals surface area contributed by atoms with Gasteiger partial charge in [0.15, 0.2) is 0 Å². The van der Waals surface area contributed by atoms with E-state index in [9.17, 15) is 9.59 Å². The summed E-state index contributed by atoms with van der Waals surface area (Å²) in [6.45, 7) is 12.6. The number of nitrogens with one attached hydrogen (secondary N) is 1. The van der Waals surface area contributed by atoms with Crippen molar-refractivity contribution in [1.82, 2.24) is 10.2 Å². The Kier molecular flexibility index (Phi) is 8.00. The molecule has 0 bridgehead atoms. The van der Waals surface area contributed by atoms with Crippen molar-refractivity contribution in [2.45, 2.75) is 59.4 Å². The van der Waals surface area contributed by atoms with Gasteiger partial charge in [0.2, 0.25) is 0 Å². The van der Waals surface area contributed by atoms with Crippen LogP contribution in [0.4, 0.5) is 0 Å². The van der Waals surface area contributed by atoms with Gasteiger partial charge in [-0.15, -0.1) is 0 Å². The van der Waals surface area contributed by atoms with Crippen molar-refractivity contribution < 1.29 is 9.59 Å². The summed E-state index contributed by atoms with van der Waals surface area (Å²) in [4.78, 5) is 27.0. The van der Waals surface area contributed by atoms with Crippen LogP contribution in [0.5, 0.6) is 0 Å². The maximum atomic E-state index is 12.6. The molecule has 0 saturated heterocycles. The molecule has 4 nitrogen and oxygen atoms in total. The van der Waals surface area contributed by atoms with Crippen LogP contribution in [0.15, 0.2) is 48.5 Å². The molecule has 0 aliphatic carbocycles. The van der Waals surface area contributed by atoms with Gasteiger partial charge < -0.3 is 10.2 Å². The highest BCUT2D eigenvalue weighted by molar-refractivity contribution is 5.95. The van der Waals surface area contributed by atoms with Crippen molar-refractivity contribution >= 4 is 11.8 Å². The number of nitrogens with zero attached hydrogens (tertiary/aromatic N) is 1. The minimum Gasteiger partial charge on any atom is -0.348 e. The van der Waals surface area contributed by atoms with Gasteiger partial charge in [0.05, 0.1) is 0 Å². The monoisotopic (exact) mass is 394 g/mol. The Balaban J connectivity index is 1.96. The van der Waals surface area contributed by atoms with Gasteiger partial charge in [-0.3, -0.25) is 9.59 Å². The zero-order chi connectivity index (χ0) is 21.4. The average Bonchev–Trinajstić information content (AvgIpc) is 2.71. The minimum atomic E-state index is -0.0947. The lowest BCUT2D eigenvalue weighted by atomic mass is 9.87. The molecule has 2 aromatic carbocycles. The second kappa shape index (κ2) is 10.2. The van der Waals surface area contributed by atoms with Crippen LogP contribution in [-0.4, -0.2) is 29.8 Å². The van der Waals surface area contributed by atoms with E-state index in [-0.39, 0.29) is 17.2 Å². The van der Waals surface area contributed by atoms with E-state index in [0.717, 1.165) is 31.5 Å². The largest absolute Gasteiger partial charge is 0.348 e. The van der Waals surface area contributed by atoms with Gasteiger partial charge in [0, 0.05) is 30.8 Å². The molecule has 2 amide bonds. The van der Waals surface area contributed by atoms with Crippen LogP contribution in [-0.2, 0) is 12.0 Å². The van der Waals surface area contributed by atoms with Crippen molar-refractivity contribution in [2.24, 2.45) is 0 Å². The Bertz CT molecular complexity index is 796. The van der Waals surface area contributed by atoms with E-state index < -0.39 is 0 Å². The third-order valence-electron chi connectivity index (χ3n) is 4.94. The number of rotatable bonds is 8. The number of hydrogen-bond donors (Lipinski definition) is 1. The van der Waals surface area contributed by atoms with E-state index in [1.54, 1.807) is 0 Å². The van der Waals surface area contributed by atoms with Gasteiger partial charge in [-0.1, -0.05) is 58.9 Å². The van der Waals surface area contributed by atoms with Crippen molar-refractivity contribution in [3.05, 3.63) is 70.8 Å². The highest BCUT2D eigenvalue weighted by Crippen LogP contribution is 2.22. The molecular weight excluding hydrogens is 360 g/mol. The van der Waals surface area contributed by atoms with Crippen LogP contribution in [0.1, 0.15) is 79.3 Å². The van der Waals surface area contributed by atoms with Crippen LogP contribution in [0, 0.1) is 0 Å². The lowest BCUT2D eigenvalue weighted by molar-refractivity contribution is 0.0755. The number of hydrogen-bond acceptors (Lipinski definition) is 2. The van der Waals surface area contributed by atoms with Gasteiger partial charge in [-0.05, 0) is 53.6 Å². The second-order valence-corrected chi connectivity index (χ2v) is 8.50. The molecule has 1 N–H and O–H groups in total. The van der Waals surface area contributed by atoms with Crippen LogP contribution in [0.25, 0.3) is 0 Å². The maximum absolute atomic E-state index is 12.6. The predicted molar refractivity (Wildman–Crippen MR) is 119 cm³/mol. The zero-order valence-corrected chi connectivity index (χ0v) is 18.4. The summed E-state index contributed by atoms with van der Waals surface area (Å²) in [7, 11) is 0. The molecule has 0 fully saturated rings. The lowest BCUT2D eigenvalue weighted by Gasteiger charge is -2.21. The quantitative estimate of drug-likeness (QED) is 0.671. The molecule has 0 atom stereocenters. The van der Waals surface area contributed by atoms with Gasteiger partial charge >= 0.3 is 0 Å². The van der Waals surface area contributed by atoms with E-state index in [1.165, 1.54) is 5.56 Å². The Morgan fingerprint density at radius 3 is 1.83 bits per heavy atom. The molecule has 0 aliphatic heterocycles. The minimum absolute atomic E-state index is 0.0675. The Morgan fingerprint density at radius 2 is 1.34 bits per heavy atom. The lowest BCUT2D eigenvalue weighted by Crippen LogP contribution is -2.32. The molecule has 2 rings (SSSR count). The summed E-state index contributed by atoms with van der Waals surface area (Å²) in [6, 6.07) is 15.3. The molecule has 0 aromatic heterocycles. The predicted octanol–water partition coefficient (Wildman–Crippen LogP) is 5.18. The molecule has 0 radical (unpaired) electrons. The Morgan fingerprint density at radius 1 is 0.828 bits per heavy atom. The molecule has 0 heterocycles. The first kappa shape index (κ1) is 22.7. The van der Waals surface area contributed by atoms with Crippen molar-refractivity contribution in [3.63, 3.8) is 0 Å². The fraction of sp³-hybridized carbons (Fsp3) is 0.440. The van der Waals surface area contributed by atoms with E-state index >= 15 is 0 Å². The molecule has 4 heteroatoms. The second-order valence-electron chi connectivity index (χ2n) is 8.50. The summed E-state index contributed by atoms with van der Waals surface area (Å²) in [5.41, 5.74) is 3.59. The first-order valence-electron chi connectivity index (χ1n) is 10.5. The number of amides is 2. The molecule has 0 aliphatic rings. The van der Waals surface area contributed by atoms with Gasteiger partial charge in [-0.25, -0.2) is 0 Å². The number of benzene rings is 2. The van der Waals surface area contributed by atoms with E-state index in [1.807, 2.05) is 53.4 Å². The smallest absolute Gasteiger partial charge is 0.253 e. The zero-order valence-electron chi connectivity index (χ0n) is 18.4. The first-order valence-corrected chi connectivity index (χ1v) is 10.5. The molecular formula is C25H34N2O2. The highest BCUT2D eigenvalue weighted by atomic mass is 16.2. The normalized spacial score (nSPS) is 11.2. The topological polar surface area (TPSA) is 49.4 Å². The SMILES string of the molecule is CCCN(CCC)C(=O)c1ccc(CNC(=O)c2ccc(C(C)(C)C)cc2)cc1. The van der Waals surface area contributed by atoms with Crippen molar-refractivity contribution in [3.8, 4) is 0 Å². The summed E-state index contributed by atoms with van der Waals surface area (Å²) in [5.74, 6) is -0.0223. The van der Waals surface area contributed by atoms with E-state index in [2.05, 4.69) is 39.9 Å². The van der Waals surface area contributed by atoms with Crippen LogP contribution in [0.2, 0.25) is 0 Å². The summed E-state index contributed by atoms with van der Waals surface area (Å²) >= 11 is 0. The summed E-state index contributed by atoms with van der Waals surface area (Å²) in [5, 5.41) is 2.95. The molecule has 0 spiro atoms. The van der Waals surface area contributed by atoms with Gasteiger partial charge in [-0.2, -0.15) is 0 Å². The Hall–Kier alpha value is -2.62. The van der Waals surface area contributed by atoms with Gasteiger partial charge in [0.25, 0.3) is 11.8 Å². The average molecular weight is 395 g/mol. The number of carbonyl (C=O) groups is 2. The van der Waals surface area contributed by atoms with Gasteiger partial charge in [0.1, 0.15) is 0 Å². The maximum Gasteiger partial charge on any atom is 0.253 e. The van der Waals surface area contributed by atoms with Crippen LogP contribution in [0.3, 0.4) is 0 Å². The summed E-state index contributed by atoms with van der Waals surface area (Å²) in [6.07, 6.45) is 1.90. The fourth-order valence-electron chi connectivity index (χ4n) is 3.21.